The van der Waals surface area contributed by atoms with Crippen LogP contribution >= 0.6 is 35.0 Å². The number of nitrogens with two attached hydrogens (primary N) is 1. The van der Waals surface area contributed by atoms with Gasteiger partial charge in [-0.15, -0.1) is 12.4 Å². The highest BCUT2D eigenvalue weighted by molar-refractivity contribution is 14.1. The molecule has 0 heterocycles. The molecule has 0 bridgehead atoms. The van der Waals surface area contributed by atoms with Crippen LogP contribution in [0.1, 0.15) is 13.8 Å². The summed E-state index contributed by atoms with van der Waals surface area (Å²) in [6.07, 6.45) is 0. The average Bonchev–Trinajstić information content (AvgIpc) is 2.16. The molecule has 1 rings (SSSR count). The van der Waals surface area contributed by atoms with Crippen molar-refractivity contribution in [2.45, 2.75) is 19.9 Å². The molecule has 5 heteroatoms. The largest absolute Gasteiger partial charge is 0.325 e. The van der Waals surface area contributed by atoms with Gasteiger partial charge in [0.1, 0.15) is 0 Å². The number of halogens is 2. The molecular formula is C11H16ClIN2O. The van der Waals surface area contributed by atoms with Crippen molar-refractivity contribution in [2.24, 2.45) is 11.7 Å². The van der Waals surface area contributed by atoms with E-state index in [1.807, 2.05) is 38.1 Å². The molecule has 0 saturated carbocycles. The van der Waals surface area contributed by atoms with E-state index in [9.17, 15) is 4.79 Å². The van der Waals surface area contributed by atoms with E-state index >= 15 is 0 Å². The number of hydrogen-bond acceptors (Lipinski definition) is 2. The highest BCUT2D eigenvalue weighted by Crippen LogP contribution is 2.13. The standard InChI is InChI=1S/C11H15IN2O.ClH/c1-7(2)10(13)11(15)14-9-5-3-4-8(12)6-9;/h3-7,10H,13H2,1-2H3,(H,14,15);1H/t10-;/m1./s1. The summed E-state index contributed by atoms with van der Waals surface area (Å²) in [5.74, 6) is 0.0137. The van der Waals surface area contributed by atoms with E-state index in [0.29, 0.717) is 0 Å². The van der Waals surface area contributed by atoms with Crippen LogP contribution in [0.3, 0.4) is 0 Å². The van der Waals surface area contributed by atoms with Gasteiger partial charge in [0.25, 0.3) is 0 Å². The van der Waals surface area contributed by atoms with E-state index in [1.165, 1.54) is 0 Å². The van der Waals surface area contributed by atoms with Gasteiger partial charge in [0.2, 0.25) is 5.91 Å². The summed E-state index contributed by atoms with van der Waals surface area (Å²) < 4.78 is 1.09. The van der Waals surface area contributed by atoms with Crippen molar-refractivity contribution in [3.8, 4) is 0 Å². The van der Waals surface area contributed by atoms with Crippen molar-refractivity contribution < 1.29 is 4.79 Å². The minimum Gasteiger partial charge on any atom is -0.325 e. The van der Waals surface area contributed by atoms with Crippen LogP contribution in [0.5, 0.6) is 0 Å². The maximum Gasteiger partial charge on any atom is 0.241 e. The van der Waals surface area contributed by atoms with E-state index in [-0.39, 0.29) is 24.2 Å². The normalized spacial score (nSPS) is 11.8. The quantitative estimate of drug-likeness (QED) is 0.820. The van der Waals surface area contributed by atoms with Crippen LogP contribution in [0.4, 0.5) is 5.69 Å². The molecule has 90 valence electrons. The highest BCUT2D eigenvalue weighted by Gasteiger charge is 2.16. The van der Waals surface area contributed by atoms with Crippen LogP contribution in [-0.2, 0) is 4.79 Å². The first-order valence-corrected chi connectivity index (χ1v) is 5.90. The van der Waals surface area contributed by atoms with Crippen LogP contribution in [0.25, 0.3) is 0 Å². The van der Waals surface area contributed by atoms with Gasteiger partial charge in [-0.2, -0.15) is 0 Å². The summed E-state index contributed by atoms with van der Waals surface area (Å²) in [5, 5.41) is 2.80. The summed E-state index contributed by atoms with van der Waals surface area (Å²) >= 11 is 2.20. The van der Waals surface area contributed by atoms with Crippen LogP contribution < -0.4 is 11.1 Å². The monoisotopic (exact) mass is 354 g/mol. The highest BCUT2D eigenvalue weighted by atomic mass is 127. The lowest BCUT2D eigenvalue weighted by Gasteiger charge is -2.15. The molecule has 0 aliphatic rings. The van der Waals surface area contributed by atoms with Gasteiger partial charge >= 0.3 is 0 Å². The molecule has 0 unspecified atom stereocenters. The van der Waals surface area contributed by atoms with E-state index in [1.54, 1.807) is 0 Å². The number of amides is 1. The predicted molar refractivity (Wildman–Crippen MR) is 77.9 cm³/mol. The Hall–Kier alpha value is -0.330. The summed E-state index contributed by atoms with van der Waals surface area (Å²) in [5.41, 5.74) is 6.53. The number of carbonyl (C=O) groups is 1. The topological polar surface area (TPSA) is 55.1 Å². The van der Waals surface area contributed by atoms with E-state index < -0.39 is 6.04 Å². The maximum absolute atomic E-state index is 11.6. The van der Waals surface area contributed by atoms with Crippen LogP contribution in [0.15, 0.2) is 24.3 Å². The third-order valence-electron chi connectivity index (χ3n) is 2.11. The molecule has 0 aliphatic carbocycles. The minimum atomic E-state index is -0.456. The molecule has 3 N–H and O–H groups in total. The van der Waals surface area contributed by atoms with Gasteiger partial charge in [-0.05, 0) is 46.7 Å². The van der Waals surface area contributed by atoms with Crippen molar-refractivity contribution in [3.05, 3.63) is 27.8 Å². The molecule has 1 atom stereocenters. The summed E-state index contributed by atoms with van der Waals surface area (Å²) in [7, 11) is 0. The van der Waals surface area contributed by atoms with E-state index in [0.717, 1.165) is 9.26 Å². The maximum atomic E-state index is 11.6. The third kappa shape index (κ3) is 4.67. The van der Waals surface area contributed by atoms with Gasteiger partial charge in [0.05, 0.1) is 6.04 Å². The fourth-order valence-corrected chi connectivity index (χ4v) is 1.64. The second-order valence-corrected chi connectivity index (χ2v) is 5.02. The van der Waals surface area contributed by atoms with Gasteiger partial charge < -0.3 is 11.1 Å². The molecule has 1 aromatic carbocycles. The molecule has 3 nitrogen and oxygen atoms in total. The first kappa shape index (κ1) is 15.7. The third-order valence-corrected chi connectivity index (χ3v) is 2.78. The van der Waals surface area contributed by atoms with Crippen LogP contribution in [-0.4, -0.2) is 11.9 Å². The average molecular weight is 355 g/mol. The van der Waals surface area contributed by atoms with Crippen molar-refractivity contribution in [2.75, 3.05) is 5.32 Å². The number of carbonyl (C=O) groups excluding carboxylic acids is 1. The molecule has 0 aromatic heterocycles. The number of anilines is 1. The summed E-state index contributed by atoms with van der Waals surface area (Å²) in [4.78, 5) is 11.6. The Morgan fingerprint density at radius 3 is 2.56 bits per heavy atom. The predicted octanol–water partition coefficient (Wildman–Crippen LogP) is 2.63. The summed E-state index contributed by atoms with van der Waals surface area (Å²) in [6.45, 7) is 3.86. The number of hydrogen-bond donors (Lipinski definition) is 2. The zero-order valence-electron chi connectivity index (χ0n) is 9.24. The van der Waals surface area contributed by atoms with Gasteiger partial charge in [-0.25, -0.2) is 0 Å². The Labute approximate surface area is 116 Å². The molecule has 1 amide bonds. The fourth-order valence-electron chi connectivity index (χ4n) is 1.09. The lowest BCUT2D eigenvalue weighted by Crippen LogP contribution is -2.39. The van der Waals surface area contributed by atoms with Crippen LogP contribution in [0, 0.1) is 9.49 Å². The second kappa shape index (κ2) is 7.09. The molecule has 0 spiro atoms. The lowest BCUT2D eigenvalue weighted by atomic mass is 10.1. The minimum absolute atomic E-state index is 0. The Morgan fingerprint density at radius 1 is 1.44 bits per heavy atom. The van der Waals surface area contributed by atoms with Crippen molar-refractivity contribution in [1.29, 1.82) is 0 Å². The fraction of sp³-hybridized carbons (Fsp3) is 0.364. The molecular weight excluding hydrogens is 338 g/mol. The van der Waals surface area contributed by atoms with E-state index in [4.69, 9.17) is 5.73 Å². The molecule has 0 radical (unpaired) electrons. The second-order valence-electron chi connectivity index (χ2n) is 3.77. The van der Waals surface area contributed by atoms with Crippen molar-refractivity contribution in [3.63, 3.8) is 0 Å². The number of rotatable bonds is 3. The number of benzene rings is 1. The van der Waals surface area contributed by atoms with Gasteiger partial charge in [0.15, 0.2) is 0 Å². The summed E-state index contributed by atoms with van der Waals surface area (Å²) in [6, 6.07) is 7.18. The van der Waals surface area contributed by atoms with Gasteiger partial charge in [-0.3, -0.25) is 4.79 Å². The molecule has 0 fully saturated rings. The van der Waals surface area contributed by atoms with Gasteiger partial charge in [0, 0.05) is 9.26 Å². The smallest absolute Gasteiger partial charge is 0.241 e. The Bertz CT molecular complexity index is 358. The zero-order chi connectivity index (χ0) is 11.4. The molecule has 1 aromatic rings. The van der Waals surface area contributed by atoms with E-state index in [2.05, 4.69) is 27.9 Å². The van der Waals surface area contributed by atoms with Crippen molar-refractivity contribution >= 4 is 46.6 Å². The first-order chi connectivity index (χ1) is 7.00. The number of nitrogens with one attached hydrogen (secondary N) is 1. The Balaban J connectivity index is 0.00000225. The molecule has 16 heavy (non-hydrogen) atoms. The van der Waals surface area contributed by atoms with Crippen LogP contribution in [0.2, 0.25) is 0 Å². The van der Waals surface area contributed by atoms with Gasteiger partial charge in [-0.1, -0.05) is 19.9 Å². The first-order valence-electron chi connectivity index (χ1n) is 4.82. The Kier molecular flexibility index (Phi) is 6.94. The van der Waals surface area contributed by atoms with Crippen molar-refractivity contribution in [1.82, 2.24) is 0 Å². The lowest BCUT2D eigenvalue weighted by molar-refractivity contribution is -0.118. The SMILES string of the molecule is CC(C)[C@@H](N)C(=O)Nc1cccc(I)c1.Cl. The Morgan fingerprint density at radius 2 is 2.06 bits per heavy atom. The molecule has 0 saturated heterocycles. The zero-order valence-corrected chi connectivity index (χ0v) is 12.2. The molecule has 0 aliphatic heterocycles.